The Morgan fingerprint density at radius 1 is 1.10 bits per heavy atom. The molecule has 0 radical (unpaired) electrons. The van der Waals surface area contributed by atoms with Crippen molar-refractivity contribution in [2.24, 2.45) is 0 Å². The highest BCUT2D eigenvalue weighted by Crippen LogP contribution is 2.29. The van der Waals surface area contributed by atoms with Crippen LogP contribution in [0.4, 0.5) is 23.2 Å². The molecular weight excluding hydrogens is 286 g/mol. The van der Waals surface area contributed by atoms with Gasteiger partial charge in [-0.15, -0.1) is 13.2 Å². The Labute approximate surface area is 119 Å². The number of ether oxygens (including phenoxy) is 1. The molecule has 2 aromatic carbocycles. The Hall–Kier alpha value is -2.24. The number of nitrogen functional groups attached to an aromatic ring is 1. The predicted octanol–water partition coefficient (Wildman–Crippen LogP) is 4.21. The Kier molecular flexibility index (Phi) is 4.06. The third kappa shape index (κ3) is 3.87. The molecule has 2 nitrogen and oxygen atoms in total. The number of rotatable bonds is 3. The summed E-state index contributed by atoms with van der Waals surface area (Å²) < 4.78 is 54.5. The molecule has 0 spiro atoms. The van der Waals surface area contributed by atoms with E-state index < -0.39 is 12.2 Å². The lowest BCUT2D eigenvalue weighted by atomic mass is 9.98. The van der Waals surface area contributed by atoms with E-state index in [4.69, 9.17) is 5.73 Å². The predicted molar refractivity (Wildman–Crippen MR) is 71.5 cm³/mol. The summed E-state index contributed by atoms with van der Waals surface area (Å²) in [6.07, 6.45) is -4.67. The summed E-state index contributed by atoms with van der Waals surface area (Å²) in [4.78, 5) is 0. The quantitative estimate of drug-likeness (QED) is 0.681. The first-order chi connectivity index (χ1) is 9.76. The molecule has 0 fully saturated rings. The van der Waals surface area contributed by atoms with Gasteiger partial charge < -0.3 is 10.5 Å². The van der Waals surface area contributed by atoms with Crippen LogP contribution in [0.3, 0.4) is 0 Å². The van der Waals surface area contributed by atoms with Gasteiger partial charge in [-0.3, -0.25) is 0 Å². The van der Waals surface area contributed by atoms with Crippen LogP contribution in [0, 0.1) is 12.7 Å². The van der Waals surface area contributed by atoms with E-state index in [1.54, 1.807) is 13.0 Å². The van der Waals surface area contributed by atoms with Crippen molar-refractivity contribution in [3.8, 4) is 5.75 Å². The van der Waals surface area contributed by atoms with Gasteiger partial charge in [-0.2, -0.15) is 0 Å². The van der Waals surface area contributed by atoms with E-state index in [-0.39, 0.29) is 17.9 Å². The monoisotopic (exact) mass is 299 g/mol. The van der Waals surface area contributed by atoms with Gasteiger partial charge in [-0.05, 0) is 41.8 Å². The first-order valence-corrected chi connectivity index (χ1v) is 6.14. The maximum absolute atomic E-state index is 13.4. The molecule has 0 saturated carbocycles. The summed E-state index contributed by atoms with van der Waals surface area (Å²) in [6.45, 7) is 1.69. The minimum atomic E-state index is -4.77. The van der Waals surface area contributed by atoms with E-state index in [1.807, 2.05) is 0 Å². The largest absolute Gasteiger partial charge is 0.573 e. The molecule has 0 aromatic heterocycles. The molecule has 112 valence electrons. The zero-order valence-corrected chi connectivity index (χ0v) is 11.2. The van der Waals surface area contributed by atoms with Crippen LogP contribution in [-0.4, -0.2) is 6.36 Å². The second-order valence-corrected chi connectivity index (χ2v) is 4.61. The molecule has 0 atom stereocenters. The highest BCUT2D eigenvalue weighted by molar-refractivity contribution is 5.52. The van der Waals surface area contributed by atoms with E-state index in [1.165, 1.54) is 30.3 Å². The topological polar surface area (TPSA) is 35.2 Å². The lowest BCUT2D eigenvalue weighted by Gasteiger charge is -2.14. The van der Waals surface area contributed by atoms with Crippen LogP contribution in [0.1, 0.15) is 16.7 Å². The zero-order valence-electron chi connectivity index (χ0n) is 11.2. The standard InChI is InChI=1S/C15H13F4NO/c1-9-11(7-12(16)8-13(9)20)6-10-4-2-3-5-14(10)21-15(17,18)19/h2-5,7-8H,6,20H2,1H3. The van der Waals surface area contributed by atoms with Gasteiger partial charge in [0.2, 0.25) is 0 Å². The average molecular weight is 299 g/mol. The molecule has 0 aliphatic rings. The van der Waals surface area contributed by atoms with Crippen molar-refractivity contribution >= 4 is 5.69 Å². The van der Waals surface area contributed by atoms with Crippen LogP contribution in [0.2, 0.25) is 0 Å². The van der Waals surface area contributed by atoms with Crippen LogP contribution in [0.5, 0.6) is 5.75 Å². The second-order valence-electron chi connectivity index (χ2n) is 4.61. The lowest BCUT2D eigenvalue weighted by Crippen LogP contribution is -2.18. The van der Waals surface area contributed by atoms with Crippen molar-refractivity contribution in [2.75, 3.05) is 5.73 Å². The van der Waals surface area contributed by atoms with Crippen molar-refractivity contribution in [3.63, 3.8) is 0 Å². The molecule has 0 aliphatic heterocycles. The van der Waals surface area contributed by atoms with Crippen molar-refractivity contribution in [3.05, 3.63) is 58.9 Å². The molecule has 21 heavy (non-hydrogen) atoms. The fourth-order valence-electron chi connectivity index (χ4n) is 2.02. The summed E-state index contributed by atoms with van der Waals surface area (Å²) in [7, 11) is 0. The summed E-state index contributed by atoms with van der Waals surface area (Å²) >= 11 is 0. The van der Waals surface area contributed by atoms with Crippen molar-refractivity contribution < 1.29 is 22.3 Å². The van der Waals surface area contributed by atoms with E-state index in [2.05, 4.69) is 4.74 Å². The third-order valence-corrected chi connectivity index (χ3v) is 3.10. The number of benzene rings is 2. The molecule has 6 heteroatoms. The number of para-hydroxylation sites is 1. The van der Waals surface area contributed by atoms with Crippen LogP contribution < -0.4 is 10.5 Å². The molecule has 2 rings (SSSR count). The van der Waals surface area contributed by atoms with Gasteiger partial charge in [-0.1, -0.05) is 18.2 Å². The Morgan fingerprint density at radius 3 is 2.43 bits per heavy atom. The smallest absolute Gasteiger partial charge is 0.405 e. The number of hydrogen-bond acceptors (Lipinski definition) is 2. The SMILES string of the molecule is Cc1c(N)cc(F)cc1Cc1ccccc1OC(F)(F)F. The minimum Gasteiger partial charge on any atom is -0.405 e. The van der Waals surface area contributed by atoms with Crippen molar-refractivity contribution in [1.29, 1.82) is 0 Å². The summed E-state index contributed by atoms with van der Waals surface area (Å²) in [5, 5.41) is 0. The molecule has 0 bridgehead atoms. The van der Waals surface area contributed by atoms with Gasteiger partial charge >= 0.3 is 6.36 Å². The molecule has 0 amide bonds. The second kappa shape index (κ2) is 5.63. The third-order valence-electron chi connectivity index (χ3n) is 3.10. The fraction of sp³-hybridized carbons (Fsp3) is 0.200. The summed E-state index contributed by atoms with van der Waals surface area (Å²) in [5.41, 5.74) is 7.39. The van der Waals surface area contributed by atoms with Gasteiger partial charge in [0.05, 0.1) is 0 Å². The van der Waals surface area contributed by atoms with Crippen LogP contribution >= 0.6 is 0 Å². The van der Waals surface area contributed by atoms with Crippen LogP contribution in [0.25, 0.3) is 0 Å². The normalized spacial score (nSPS) is 11.5. The van der Waals surface area contributed by atoms with Crippen LogP contribution in [-0.2, 0) is 6.42 Å². The van der Waals surface area contributed by atoms with Crippen molar-refractivity contribution in [2.45, 2.75) is 19.7 Å². The van der Waals surface area contributed by atoms with Gasteiger partial charge in [-0.25, -0.2) is 4.39 Å². The Bertz CT molecular complexity index is 653. The maximum atomic E-state index is 13.4. The van der Waals surface area contributed by atoms with E-state index in [9.17, 15) is 17.6 Å². The minimum absolute atomic E-state index is 0.0973. The fourth-order valence-corrected chi connectivity index (χ4v) is 2.02. The molecule has 0 unspecified atom stereocenters. The first kappa shape index (κ1) is 15.2. The van der Waals surface area contributed by atoms with Gasteiger partial charge in [0.1, 0.15) is 11.6 Å². The Morgan fingerprint density at radius 2 is 1.76 bits per heavy atom. The van der Waals surface area contributed by atoms with Crippen molar-refractivity contribution in [1.82, 2.24) is 0 Å². The number of alkyl halides is 3. The Balaban J connectivity index is 2.36. The average Bonchev–Trinajstić information content (AvgIpc) is 2.36. The zero-order chi connectivity index (χ0) is 15.6. The summed E-state index contributed by atoms with van der Waals surface area (Å²) in [5.74, 6) is -0.824. The molecular formula is C15H13F4NO. The highest BCUT2D eigenvalue weighted by Gasteiger charge is 2.32. The van der Waals surface area contributed by atoms with E-state index in [0.717, 1.165) is 0 Å². The van der Waals surface area contributed by atoms with E-state index in [0.29, 0.717) is 16.7 Å². The molecule has 0 saturated heterocycles. The van der Waals surface area contributed by atoms with Gasteiger partial charge in [0.25, 0.3) is 0 Å². The number of nitrogens with two attached hydrogens (primary N) is 1. The van der Waals surface area contributed by atoms with Gasteiger partial charge in [0, 0.05) is 12.1 Å². The maximum Gasteiger partial charge on any atom is 0.573 e. The lowest BCUT2D eigenvalue weighted by molar-refractivity contribution is -0.274. The summed E-state index contributed by atoms with van der Waals surface area (Å²) in [6, 6.07) is 8.20. The molecule has 2 aromatic rings. The van der Waals surface area contributed by atoms with Gasteiger partial charge in [0.15, 0.2) is 0 Å². The number of anilines is 1. The van der Waals surface area contributed by atoms with E-state index >= 15 is 0 Å². The number of halogens is 4. The van der Waals surface area contributed by atoms with Crippen LogP contribution in [0.15, 0.2) is 36.4 Å². The molecule has 2 N–H and O–H groups in total. The highest BCUT2D eigenvalue weighted by atomic mass is 19.4. The molecule has 0 heterocycles. The number of hydrogen-bond donors (Lipinski definition) is 1. The first-order valence-electron chi connectivity index (χ1n) is 6.14. The molecule has 0 aliphatic carbocycles.